The average Bonchev–Trinajstić information content (AvgIpc) is 2.82. The van der Waals surface area contributed by atoms with E-state index in [1.807, 2.05) is 6.07 Å². The van der Waals surface area contributed by atoms with E-state index in [4.69, 9.17) is 9.84 Å². The molecular weight excluding hydrogens is 292 g/mol. The molecule has 1 aromatic heterocycles. The molecule has 1 N–H and O–H groups in total. The van der Waals surface area contributed by atoms with Gasteiger partial charge in [-0.15, -0.1) is 0 Å². The highest BCUT2D eigenvalue weighted by atomic mass is 32.2. The summed E-state index contributed by atoms with van der Waals surface area (Å²) in [6.07, 6.45) is -0.111. The summed E-state index contributed by atoms with van der Waals surface area (Å²) in [5.74, 6) is -0.926. The molecule has 2 aromatic rings. The summed E-state index contributed by atoms with van der Waals surface area (Å²) >= 11 is 1.05. The first-order valence-corrected chi connectivity index (χ1v) is 7.50. The zero-order valence-corrected chi connectivity index (χ0v) is 12.6. The van der Waals surface area contributed by atoms with Crippen molar-refractivity contribution in [1.29, 1.82) is 0 Å². The molecule has 0 saturated carbocycles. The van der Waals surface area contributed by atoms with Crippen molar-refractivity contribution in [2.45, 2.75) is 30.7 Å². The summed E-state index contributed by atoms with van der Waals surface area (Å²) < 4.78 is 6.36. The lowest BCUT2D eigenvalue weighted by Gasteiger charge is -2.10. The third-order valence-electron chi connectivity index (χ3n) is 2.87. The minimum atomic E-state index is -0.926. The van der Waals surface area contributed by atoms with E-state index in [9.17, 15) is 9.59 Å². The number of aliphatic carboxylic acids is 1. The first-order chi connectivity index (χ1) is 10.1. The van der Waals surface area contributed by atoms with Crippen LogP contribution in [0.4, 0.5) is 4.79 Å². The third-order valence-corrected chi connectivity index (χ3v) is 4.18. The molecule has 1 heterocycles. The number of ether oxygens (including phenoxy) is 1. The summed E-state index contributed by atoms with van der Waals surface area (Å²) in [5, 5.41) is 8.85. The Morgan fingerprint density at radius 2 is 2.10 bits per heavy atom. The molecule has 0 aliphatic carbocycles. The van der Waals surface area contributed by atoms with Crippen LogP contribution in [-0.4, -0.2) is 38.6 Å². The number of carbonyl (C=O) groups excluding carboxylic acids is 1. The van der Waals surface area contributed by atoms with Crippen LogP contribution in [-0.2, 0) is 9.53 Å². The lowest BCUT2D eigenvalue weighted by atomic mass is 10.3. The topological polar surface area (TPSA) is 81.4 Å². The molecule has 0 saturated heterocycles. The number of aromatic nitrogens is 2. The van der Waals surface area contributed by atoms with Gasteiger partial charge in [0.15, 0.2) is 5.16 Å². The van der Waals surface area contributed by atoms with Crippen LogP contribution in [0.1, 0.15) is 20.3 Å². The van der Waals surface area contributed by atoms with Gasteiger partial charge in [0.2, 0.25) is 0 Å². The van der Waals surface area contributed by atoms with E-state index in [0.29, 0.717) is 22.6 Å². The van der Waals surface area contributed by atoms with Gasteiger partial charge in [0.05, 0.1) is 17.6 Å². The van der Waals surface area contributed by atoms with Gasteiger partial charge in [-0.2, -0.15) is 0 Å². The third kappa shape index (κ3) is 3.18. The predicted octanol–water partition coefficient (Wildman–Crippen LogP) is 3.00. The van der Waals surface area contributed by atoms with Crippen molar-refractivity contribution in [2.24, 2.45) is 0 Å². The van der Waals surface area contributed by atoms with E-state index in [-0.39, 0.29) is 6.61 Å². The van der Waals surface area contributed by atoms with Crippen LogP contribution >= 0.6 is 11.8 Å². The van der Waals surface area contributed by atoms with Gasteiger partial charge in [0, 0.05) is 0 Å². The minimum Gasteiger partial charge on any atom is -0.480 e. The number of para-hydroxylation sites is 2. The molecule has 21 heavy (non-hydrogen) atoms. The highest BCUT2D eigenvalue weighted by molar-refractivity contribution is 8.00. The first-order valence-electron chi connectivity index (χ1n) is 6.62. The second-order valence-electron chi connectivity index (χ2n) is 4.27. The van der Waals surface area contributed by atoms with Crippen molar-refractivity contribution in [1.82, 2.24) is 9.55 Å². The zero-order chi connectivity index (χ0) is 15.4. The van der Waals surface area contributed by atoms with E-state index in [2.05, 4.69) is 4.98 Å². The maximum Gasteiger partial charge on any atom is 0.420 e. The van der Waals surface area contributed by atoms with Crippen molar-refractivity contribution in [3.8, 4) is 0 Å². The van der Waals surface area contributed by atoms with Crippen LogP contribution in [0.15, 0.2) is 29.4 Å². The molecule has 0 bridgehead atoms. The quantitative estimate of drug-likeness (QED) is 0.855. The highest BCUT2D eigenvalue weighted by Gasteiger charge is 2.24. The predicted molar refractivity (Wildman–Crippen MR) is 79.7 cm³/mol. The summed E-state index contributed by atoms with van der Waals surface area (Å²) in [6, 6.07) is 7.14. The Labute approximate surface area is 126 Å². The number of benzene rings is 1. The minimum absolute atomic E-state index is 0.242. The van der Waals surface area contributed by atoms with Crippen LogP contribution in [0.25, 0.3) is 11.0 Å². The maximum absolute atomic E-state index is 12.1. The van der Waals surface area contributed by atoms with Gasteiger partial charge >= 0.3 is 12.1 Å². The monoisotopic (exact) mass is 308 g/mol. The maximum atomic E-state index is 12.1. The molecule has 6 nitrogen and oxygen atoms in total. The summed E-state index contributed by atoms with van der Waals surface area (Å²) in [5.41, 5.74) is 1.24. The molecule has 0 aliphatic heterocycles. The smallest absolute Gasteiger partial charge is 0.420 e. The Kier molecular flexibility index (Phi) is 4.85. The SMILES string of the molecule is CCOC(=O)n1c(S[C@@H](CC)C(=O)O)nc2ccccc21. The largest absolute Gasteiger partial charge is 0.480 e. The Bertz CT molecular complexity index is 668. The van der Waals surface area contributed by atoms with Gasteiger partial charge in [-0.25, -0.2) is 14.3 Å². The molecule has 0 aliphatic rings. The molecule has 2 rings (SSSR count). The average molecular weight is 308 g/mol. The fourth-order valence-corrected chi connectivity index (χ4v) is 2.83. The summed E-state index contributed by atoms with van der Waals surface area (Å²) in [6.45, 7) is 3.74. The van der Waals surface area contributed by atoms with Crippen LogP contribution < -0.4 is 0 Å². The van der Waals surface area contributed by atoms with Crippen molar-refractivity contribution >= 4 is 34.9 Å². The van der Waals surface area contributed by atoms with Crippen molar-refractivity contribution in [3.63, 3.8) is 0 Å². The summed E-state index contributed by atoms with van der Waals surface area (Å²) in [4.78, 5) is 27.7. The number of nitrogens with zero attached hydrogens (tertiary/aromatic N) is 2. The Morgan fingerprint density at radius 1 is 1.38 bits per heavy atom. The Hall–Kier alpha value is -2.02. The number of imidazole rings is 1. The number of hydrogen-bond acceptors (Lipinski definition) is 5. The number of hydrogen-bond donors (Lipinski definition) is 1. The molecule has 0 radical (unpaired) electrons. The lowest BCUT2D eigenvalue weighted by molar-refractivity contribution is -0.136. The van der Waals surface area contributed by atoms with Gasteiger partial charge in [-0.1, -0.05) is 30.8 Å². The molecule has 0 amide bonds. The molecule has 0 spiro atoms. The van der Waals surface area contributed by atoms with Gasteiger partial charge in [0.1, 0.15) is 5.25 Å². The van der Waals surface area contributed by atoms with Crippen molar-refractivity contribution in [3.05, 3.63) is 24.3 Å². The second kappa shape index (κ2) is 6.62. The fraction of sp³-hybridized carbons (Fsp3) is 0.357. The van der Waals surface area contributed by atoms with Crippen molar-refractivity contribution < 1.29 is 19.4 Å². The van der Waals surface area contributed by atoms with Gasteiger partial charge in [-0.05, 0) is 25.5 Å². The lowest BCUT2D eigenvalue weighted by Crippen LogP contribution is -2.19. The van der Waals surface area contributed by atoms with Gasteiger partial charge in [0.25, 0.3) is 0 Å². The van der Waals surface area contributed by atoms with Crippen LogP contribution in [0.5, 0.6) is 0 Å². The van der Waals surface area contributed by atoms with E-state index >= 15 is 0 Å². The van der Waals surface area contributed by atoms with Crippen LogP contribution in [0.2, 0.25) is 0 Å². The van der Waals surface area contributed by atoms with Crippen LogP contribution in [0, 0.1) is 0 Å². The zero-order valence-electron chi connectivity index (χ0n) is 11.8. The van der Waals surface area contributed by atoms with E-state index in [0.717, 1.165) is 11.8 Å². The number of carboxylic acid groups (broad SMARTS) is 1. The van der Waals surface area contributed by atoms with E-state index in [1.165, 1.54) is 4.57 Å². The molecule has 7 heteroatoms. The van der Waals surface area contributed by atoms with Crippen LogP contribution in [0.3, 0.4) is 0 Å². The molecule has 1 atom stereocenters. The molecule has 0 fully saturated rings. The number of fused-ring (bicyclic) bond motifs is 1. The molecule has 1 aromatic carbocycles. The Morgan fingerprint density at radius 3 is 2.71 bits per heavy atom. The highest BCUT2D eigenvalue weighted by Crippen LogP contribution is 2.29. The number of rotatable bonds is 5. The fourth-order valence-electron chi connectivity index (χ4n) is 1.88. The normalized spacial score (nSPS) is 12.3. The number of thioether (sulfide) groups is 1. The second-order valence-corrected chi connectivity index (χ2v) is 5.44. The standard InChI is InChI=1S/C14H16N2O4S/c1-3-11(12(17)18)21-13-15-9-7-5-6-8-10(9)16(13)14(19)20-4-2/h5-8,11H,3-4H2,1-2H3,(H,17,18)/t11-/m0/s1. The van der Waals surface area contributed by atoms with E-state index in [1.54, 1.807) is 32.0 Å². The van der Waals surface area contributed by atoms with E-state index < -0.39 is 17.3 Å². The summed E-state index contributed by atoms with van der Waals surface area (Å²) in [7, 11) is 0. The number of carbonyl (C=O) groups is 2. The molecule has 112 valence electrons. The van der Waals surface area contributed by atoms with Gasteiger partial charge in [-0.3, -0.25) is 4.79 Å². The van der Waals surface area contributed by atoms with Crippen molar-refractivity contribution in [2.75, 3.05) is 6.61 Å². The number of carboxylic acids is 1. The first kappa shape index (κ1) is 15.4. The van der Waals surface area contributed by atoms with Gasteiger partial charge < -0.3 is 9.84 Å². The molecular formula is C14H16N2O4S. The Balaban J connectivity index is 2.48. The molecule has 0 unspecified atom stereocenters.